The van der Waals surface area contributed by atoms with Gasteiger partial charge in [0, 0.05) is 21.7 Å². The van der Waals surface area contributed by atoms with Gasteiger partial charge in [0.15, 0.2) is 0 Å². The van der Waals surface area contributed by atoms with Gasteiger partial charge in [0.1, 0.15) is 18.0 Å². The first-order valence-electron chi connectivity index (χ1n) is 13.2. The van der Waals surface area contributed by atoms with Crippen LogP contribution in [0.25, 0.3) is 23.1 Å². The van der Waals surface area contributed by atoms with Gasteiger partial charge in [0.25, 0.3) is 0 Å². The van der Waals surface area contributed by atoms with Gasteiger partial charge in [-0.3, -0.25) is 9.59 Å². The maximum atomic E-state index is 11.6. The Hall–Kier alpha value is -4.17. The molecule has 0 spiro atoms. The molecule has 0 bridgehead atoms. The Balaban J connectivity index is 1.38. The van der Waals surface area contributed by atoms with E-state index in [1.54, 1.807) is 10.8 Å². The first-order chi connectivity index (χ1) is 19.4. The largest absolute Gasteiger partial charge is 0.494 e. The van der Waals surface area contributed by atoms with Crippen LogP contribution in [0, 0.1) is 0 Å². The number of carbonyl (C=O) groups is 2. The number of carboxylic acid groups (broad SMARTS) is 2. The number of carboxylic acids is 2. The van der Waals surface area contributed by atoms with E-state index in [0.29, 0.717) is 13.2 Å². The van der Waals surface area contributed by atoms with Gasteiger partial charge in [-0.05, 0) is 48.2 Å². The second-order valence-corrected chi connectivity index (χ2v) is 10.9. The number of benzene rings is 3. The molecule has 0 saturated carbocycles. The van der Waals surface area contributed by atoms with Crippen molar-refractivity contribution in [1.29, 1.82) is 0 Å². The van der Waals surface area contributed by atoms with Crippen LogP contribution in [0.2, 0.25) is 0 Å². The van der Waals surface area contributed by atoms with Crippen molar-refractivity contribution >= 4 is 46.8 Å². The Morgan fingerprint density at radius 3 is 2.17 bits per heavy atom. The third-order valence-electron chi connectivity index (χ3n) is 6.14. The molecule has 0 aliphatic rings. The molecular weight excluding hydrogens is 526 g/mol. The Labute approximate surface area is 238 Å². The zero-order valence-electron chi connectivity index (χ0n) is 22.4. The second-order valence-electron chi connectivity index (χ2n) is 9.40. The lowest BCUT2D eigenvalue weighted by Gasteiger charge is -2.08. The molecule has 0 amide bonds. The Morgan fingerprint density at radius 2 is 1.52 bits per heavy atom. The monoisotopic (exact) mass is 559 g/mol. The van der Waals surface area contributed by atoms with Crippen molar-refractivity contribution in [3.63, 3.8) is 0 Å². The molecule has 8 heteroatoms. The lowest BCUT2D eigenvalue weighted by molar-refractivity contribution is -0.138. The predicted octanol–water partition coefficient (Wildman–Crippen LogP) is 7.09. The van der Waals surface area contributed by atoms with Crippen molar-refractivity contribution in [2.75, 3.05) is 13.2 Å². The smallest absolute Gasteiger partial charge is 0.323 e. The van der Waals surface area contributed by atoms with Crippen LogP contribution < -0.4 is 9.47 Å². The van der Waals surface area contributed by atoms with Crippen molar-refractivity contribution in [2.24, 2.45) is 0 Å². The number of hydrogen-bond acceptors (Lipinski definition) is 5. The van der Waals surface area contributed by atoms with Crippen LogP contribution in [0.1, 0.15) is 37.3 Å². The minimum absolute atomic E-state index is 0.0260. The molecule has 40 heavy (non-hydrogen) atoms. The number of aliphatic carboxylic acids is 2. The molecule has 1 unspecified atom stereocenters. The highest BCUT2D eigenvalue weighted by Crippen LogP contribution is 2.35. The van der Waals surface area contributed by atoms with Gasteiger partial charge in [-0.15, -0.1) is 11.8 Å². The minimum atomic E-state index is -0.940. The summed E-state index contributed by atoms with van der Waals surface area (Å²) in [6, 6.07) is 23.4. The van der Waals surface area contributed by atoms with E-state index in [9.17, 15) is 14.7 Å². The number of ether oxygens (including phenoxy) is 2. The number of para-hydroxylation sites is 2. The molecular formula is C32H33NO6S. The van der Waals surface area contributed by atoms with Crippen LogP contribution in [-0.2, 0) is 16.1 Å². The van der Waals surface area contributed by atoms with Crippen LogP contribution in [0.15, 0.2) is 83.9 Å². The van der Waals surface area contributed by atoms with E-state index in [2.05, 4.69) is 0 Å². The number of unbranched alkanes of at least 4 members (excludes halogenated alkanes) is 1. The van der Waals surface area contributed by atoms with E-state index in [-0.39, 0.29) is 18.2 Å². The molecule has 0 radical (unpaired) electrons. The van der Waals surface area contributed by atoms with Crippen molar-refractivity contribution in [2.45, 2.75) is 42.9 Å². The maximum Gasteiger partial charge on any atom is 0.323 e. The molecule has 0 aliphatic carbocycles. The van der Waals surface area contributed by atoms with Crippen molar-refractivity contribution in [3.05, 3.63) is 90.1 Å². The fraction of sp³-hybridized carbons (Fsp3) is 0.250. The molecule has 208 valence electrons. The second kappa shape index (κ2) is 14.3. The Kier molecular flexibility index (Phi) is 10.3. The van der Waals surface area contributed by atoms with Gasteiger partial charge in [0.2, 0.25) is 0 Å². The number of nitrogens with zero attached hydrogens (tertiary/aromatic N) is 1. The third kappa shape index (κ3) is 8.41. The summed E-state index contributed by atoms with van der Waals surface area (Å²) in [5, 5.41) is 19.4. The van der Waals surface area contributed by atoms with E-state index >= 15 is 0 Å². The minimum Gasteiger partial charge on any atom is -0.494 e. The number of rotatable bonds is 15. The van der Waals surface area contributed by atoms with Gasteiger partial charge >= 0.3 is 11.9 Å². The topological polar surface area (TPSA) is 98.0 Å². The third-order valence-corrected chi connectivity index (χ3v) is 7.29. The van der Waals surface area contributed by atoms with Crippen molar-refractivity contribution < 1.29 is 29.3 Å². The van der Waals surface area contributed by atoms with Crippen molar-refractivity contribution in [3.8, 4) is 11.5 Å². The summed E-state index contributed by atoms with van der Waals surface area (Å²) in [4.78, 5) is 23.6. The molecule has 1 aromatic heterocycles. The highest BCUT2D eigenvalue weighted by atomic mass is 32.2. The number of aromatic nitrogens is 1. The summed E-state index contributed by atoms with van der Waals surface area (Å²) in [6.45, 7) is 2.94. The van der Waals surface area contributed by atoms with Crippen LogP contribution >= 0.6 is 11.8 Å². The summed E-state index contributed by atoms with van der Waals surface area (Å²) < 4.78 is 13.3. The fourth-order valence-electron chi connectivity index (χ4n) is 4.32. The van der Waals surface area contributed by atoms with Crippen LogP contribution in [0.3, 0.4) is 0 Å². The number of fused-ring (bicyclic) bond motifs is 1. The first kappa shape index (κ1) is 28.8. The molecule has 3 aromatic carbocycles. The fourth-order valence-corrected chi connectivity index (χ4v) is 5.46. The highest BCUT2D eigenvalue weighted by Gasteiger charge is 2.17. The standard InChI is InChI=1S/C32H33NO6S/c1-23(20-30(34)35)40-29-21-33(22-31(36)37)32-25(8-7-11-28(29)32)15-12-24-13-16-27(17-14-24)39-19-6-5-18-38-26-9-3-2-4-10-26/h2-4,7-17,21,23H,5-6,18-20,22H2,1H3,(H,34,35)(H,36,37)/b15-12+. The van der Waals surface area contributed by atoms with E-state index < -0.39 is 11.9 Å². The predicted molar refractivity (Wildman–Crippen MR) is 159 cm³/mol. The highest BCUT2D eigenvalue weighted by molar-refractivity contribution is 8.00. The Morgan fingerprint density at radius 1 is 0.850 bits per heavy atom. The molecule has 0 aliphatic heterocycles. The van der Waals surface area contributed by atoms with E-state index in [0.717, 1.165) is 51.3 Å². The first-order valence-corrected chi connectivity index (χ1v) is 14.1. The zero-order valence-corrected chi connectivity index (χ0v) is 23.2. The molecule has 7 nitrogen and oxygen atoms in total. The summed E-state index contributed by atoms with van der Waals surface area (Å²) in [5.74, 6) is -0.119. The molecule has 0 saturated heterocycles. The lowest BCUT2D eigenvalue weighted by Crippen LogP contribution is -2.08. The molecule has 0 fully saturated rings. The summed E-state index contributed by atoms with van der Waals surface area (Å²) >= 11 is 1.44. The number of thioether (sulfide) groups is 1. The molecule has 4 aromatic rings. The van der Waals surface area contributed by atoms with Gasteiger partial charge < -0.3 is 24.3 Å². The molecule has 2 N–H and O–H groups in total. The van der Waals surface area contributed by atoms with Gasteiger partial charge in [-0.1, -0.05) is 67.6 Å². The SMILES string of the molecule is CC(CC(=O)O)Sc1cn(CC(=O)O)c2c(/C=C/c3ccc(OCCCCOc4ccccc4)cc3)cccc12. The maximum absolute atomic E-state index is 11.6. The van der Waals surface area contributed by atoms with Crippen LogP contribution in [-0.4, -0.2) is 45.2 Å². The van der Waals surface area contributed by atoms with Crippen LogP contribution in [0.4, 0.5) is 0 Å². The van der Waals surface area contributed by atoms with Gasteiger partial charge in [0.05, 0.1) is 25.2 Å². The van der Waals surface area contributed by atoms with E-state index in [4.69, 9.17) is 14.6 Å². The molecule has 1 heterocycles. The van der Waals surface area contributed by atoms with Gasteiger partial charge in [-0.2, -0.15) is 0 Å². The number of hydrogen-bond donors (Lipinski definition) is 2. The van der Waals surface area contributed by atoms with Crippen LogP contribution in [0.5, 0.6) is 11.5 Å². The van der Waals surface area contributed by atoms with E-state index in [1.807, 2.05) is 91.9 Å². The summed E-state index contributed by atoms with van der Waals surface area (Å²) in [5.41, 5.74) is 2.68. The average Bonchev–Trinajstić information content (AvgIpc) is 3.26. The summed E-state index contributed by atoms with van der Waals surface area (Å²) in [7, 11) is 0. The molecule has 1 atom stereocenters. The zero-order chi connectivity index (χ0) is 28.3. The summed E-state index contributed by atoms with van der Waals surface area (Å²) in [6.07, 6.45) is 7.58. The van der Waals surface area contributed by atoms with E-state index in [1.165, 1.54) is 11.8 Å². The lowest BCUT2D eigenvalue weighted by atomic mass is 10.1. The van der Waals surface area contributed by atoms with Crippen molar-refractivity contribution in [1.82, 2.24) is 4.57 Å². The Bertz CT molecular complexity index is 1450. The van der Waals surface area contributed by atoms with Gasteiger partial charge in [-0.25, -0.2) is 0 Å². The average molecular weight is 560 g/mol. The molecule has 4 rings (SSSR count). The quantitative estimate of drug-likeness (QED) is 0.0911. The normalized spacial score (nSPS) is 12.0.